The first-order valence-electron chi connectivity index (χ1n) is 8.77. The second-order valence-corrected chi connectivity index (χ2v) is 6.98. The van der Waals surface area contributed by atoms with Gasteiger partial charge in [0.25, 0.3) is 0 Å². The predicted molar refractivity (Wildman–Crippen MR) is 100 cm³/mol. The Kier molecular flexibility index (Phi) is 4.48. The van der Waals surface area contributed by atoms with Crippen molar-refractivity contribution in [1.29, 1.82) is 0 Å². The van der Waals surface area contributed by atoms with E-state index in [1.165, 1.54) is 17.0 Å². The predicted octanol–water partition coefficient (Wildman–Crippen LogP) is 4.37. The number of rotatable bonds is 3. The summed E-state index contributed by atoms with van der Waals surface area (Å²) in [5.74, 6) is -2.03. The number of cyclic esters (lactones) is 1. The molecule has 2 aromatic carbocycles. The van der Waals surface area contributed by atoms with Gasteiger partial charge in [0, 0.05) is 28.6 Å². The third-order valence-corrected chi connectivity index (χ3v) is 5.40. The van der Waals surface area contributed by atoms with Crippen molar-refractivity contribution in [2.24, 2.45) is 0 Å². The highest BCUT2D eigenvalue weighted by atomic mass is 35.5. The zero-order chi connectivity index (χ0) is 19.1. The first-order chi connectivity index (χ1) is 13.0. The third-order valence-electron chi connectivity index (χ3n) is 5.07. The molecule has 2 aliphatic rings. The number of hydrogen-bond donors (Lipinski definition) is 0. The number of aryl methyl sites for hydroxylation is 1. The molecule has 138 valence electrons. The van der Waals surface area contributed by atoms with Crippen LogP contribution in [0.5, 0.6) is 0 Å². The Morgan fingerprint density at radius 1 is 1.19 bits per heavy atom. The molecule has 2 heterocycles. The topological polar surface area (TPSA) is 46.6 Å². The number of esters is 1. The SMILES string of the molecule is CCc1ccc(N2C(=O)CC(c3c(F)cccc3Cl)C3=C2COC3=O)cc1. The third kappa shape index (κ3) is 2.92. The molecule has 1 unspecified atom stereocenters. The van der Waals surface area contributed by atoms with E-state index in [-0.39, 0.29) is 29.5 Å². The minimum Gasteiger partial charge on any atom is -0.456 e. The summed E-state index contributed by atoms with van der Waals surface area (Å²) < 4.78 is 19.7. The lowest BCUT2D eigenvalue weighted by Gasteiger charge is -2.32. The van der Waals surface area contributed by atoms with Crippen LogP contribution in [0.25, 0.3) is 0 Å². The van der Waals surface area contributed by atoms with Crippen LogP contribution < -0.4 is 4.90 Å². The van der Waals surface area contributed by atoms with E-state index in [9.17, 15) is 14.0 Å². The second kappa shape index (κ2) is 6.82. The van der Waals surface area contributed by atoms with E-state index in [1.807, 2.05) is 31.2 Å². The number of carbonyl (C=O) groups is 2. The van der Waals surface area contributed by atoms with Crippen molar-refractivity contribution in [3.63, 3.8) is 0 Å². The highest BCUT2D eigenvalue weighted by Gasteiger charge is 2.44. The Hall–Kier alpha value is -2.66. The highest BCUT2D eigenvalue weighted by molar-refractivity contribution is 6.31. The van der Waals surface area contributed by atoms with E-state index in [0.29, 0.717) is 17.0 Å². The van der Waals surface area contributed by atoms with Gasteiger partial charge in [-0.05, 0) is 36.2 Å². The summed E-state index contributed by atoms with van der Waals surface area (Å²) in [6.07, 6.45) is 0.835. The van der Waals surface area contributed by atoms with Gasteiger partial charge in [0.15, 0.2) is 0 Å². The molecule has 4 nitrogen and oxygen atoms in total. The van der Waals surface area contributed by atoms with Gasteiger partial charge in [0.05, 0.1) is 11.3 Å². The molecule has 4 rings (SSSR count). The molecule has 0 fully saturated rings. The zero-order valence-electron chi connectivity index (χ0n) is 14.7. The van der Waals surface area contributed by atoms with Crippen LogP contribution in [0.4, 0.5) is 10.1 Å². The number of halogens is 2. The van der Waals surface area contributed by atoms with Gasteiger partial charge in [-0.1, -0.05) is 36.7 Å². The Bertz CT molecular complexity index is 948. The maximum absolute atomic E-state index is 14.5. The summed E-state index contributed by atoms with van der Waals surface area (Å²) in [6, 6.07) is 11.9. The van der Waals surface area contributed by atoms with Gasteiger partial charge in [0.2, 0.25) is 5.91 Å². The average Bonchev–Trinajstić information content (AvgIpc) is 3.03. The first kappa shape index (κ1) is 17.7. The van der Waals surface area contributed by atoms with Crippen LogP contribution in [0.2, 0.25) is 5.02 Å². The minimum atomic E-state index is -0.748. The fourth-order valence-corrected chi connectivity index (χ4v) is 4.02. The number of carbonyl (C=O) groups excluding carboxylic acids is 2. The van der Waals surface area contributed by atoms with Gasteiger partial charge in [0.1, 0.15) is 12.4 Å². The van der Waals surface area contributed by atoms with Crippen molar-refractivity contribution in [3.8, 4) is 0 Å². The van der Waals surface area contributed by atoms with Gasteiger partial charge < -0.3 is 4.74 Å². The maximum atomic E-state index is 14.5. The van der Waals surface area contributed by atoms with E-state index in [0.717, 1.165) is 12.0 Å². The number of hydrogen-bond acceptors (Lipinski definition) is 3. The molecule has 27 heavy (non-hydrogen) atoms. The van der Waals surface area contributed by atoms with Gasteiger partial charge in [-0.2, -0.15) is 0 Å². The fraction of sp³-hybridized carbons (Fsp3) is 0.238. The van der Waals surface area contributed by atoms with Crippen LogP contribution >= 0.6 is 11.6 Å². The normalized spacial score (nSPS) is 19.4. The summed E-state index contributed by atoms with van der Waals surface area (Å²) in [5, 5.41) is 0.195. The number of anilines is 1. The Morgan fingerprint density at radius 2 is 1.93 bits per heavy atom. The Morgan fingerprint density at radius 3 is 2.59 bits per heavy atom. The summed E-state index contributed by atoms with van der Waals surface area (Å²) in [4.78, 5) is 26.9. The van der Waals surface area contributed by atoms with Crippen molar-refractivity contribution in [2.45, 2.75) is 25.7 Å². The molecule has 0 saturated carbocycles. The molecule has 0 bridgehead atoms. The molecule has 0 radical (unpaired) electrons. The minimum absolute atomic E-state index is 0.0159. The molecule has 0 aliphatic carbocycles. The lowest BCUT2D eigenvalue weighted by atomic mass is 9.83. The maximum Gasteiger partial charge on any atom is 0.336 e. The van der Waals surface area contributed by atoms with E-state index >= 15 is 0 Å². The van der Waals surface area contributed by atoms with Gasteiger partial charge in [-0.25, -0.2) is 9.18 Å². The molecule has 0 saturated heterocycles. The van der Waals surface area contributed by atoms with Crippen LogP contribution in [0.3, 0.4) is 0 Å². The smallest absolute Gasteiger partial charge is 0.336 e. The summed E-state index contributed by atoms with van der Waals surface area (Å²) in [5.41, 5.74) is 2.75. The molecule has 2 aliphatic heterocycles. The van der Waals surface area contributed by atoms with Crippen LogP contribution in [0.1, 0.15) is 30.4 Å². The lowest BCUT2D eigenvalue weighted by molar-refractivity contribution is -0.136. The van der Waals surface area contributed by atoms with E-state index in [1.54, 1.807) is 6.07 Å². The molecule has 2 aromatic rings. The second-order valence-electron chi connectivity index (χ2n) is 6.58. The molecule has 1 amide bonds. The Balaban J connectivity index is 1.84. The molecule has 0 N–H and O–H groups in total. The van der Waals surface area contributed by atoms with Crippen molar-refractivity contribution in [2.75, 3.05) is 11.5 Å². The quantitative estimate of drug-likeness (QED) is 0.737. The molecule has 0 spiro atoms. The van der Waals surface area contributed by atoms with Gasteiger partial charge >= 0.3 is 5.97 Å². The molecular formula is C21H17ClFNO3. The van der Waals surface area contributed by atoms with Crippen LogP contribution in [0.15, 0.2) is 53.7 Å². The molecule has 6 heteroatoms. The largest absolute Gasteiger partial charge is 0.456 e. The van der Waals surface area contributed by atoms with E-state index in [2.05, 4.69) is 0 Å². The Labute approximate surface area is 161 Å². The summed E-state index contributed by atoms with van der Waals surface area (Å²) >= 11 is 6.20. The standard InChI is InChI=1S/C21H17ClFNO3/c1-2-12-6-8-13(9-7-12)24-17-11-27-21(26)20(17)14(10-18(24)25)19-15(22)4-3-5-16(19)23/h3-9,14H,2,10-11H2,1H3. The zero-order valence-corrected chi connectivity index (χ0v) is 15.4. The van der Waals surface area contributed by atoms with Crippen LogP contribution in [-0.2, 0) is 20.7 Å². The van der Waals surface area contributed by atoms with Crippen molar-refractivity contribution < 1.29 is 18.7 Å². The number of nitrogens with zero attached hydrogens (tertiary/aromatic N) is 1. The van der Waals surface area contributed by atoms with E-state index in [4.69, 9.17) is 16.3 Å². The van der Waals surface area contributed by atoms with Gasteiger partial charge in [-0.15, -0.1) is 0 Å². The van der Waals surface area contributed by atoms with E-state index < -0.39 is 17.7 Å². The van der Waals surface area contributed by atoms with Crippen molar-refractivity contribution >= 4 is 29.2 Å². The number of amides is 1. The lowest BCUT2D eigenvalue weighted by Crippen LogP contribution is -2.37. The number of ether oxygens (including phenoxy) is 1. The highest BCUT2D eigenvalue weighted by Crippen LogP contribution is 2.44. The van der Waals surface area contributed by atoms with Crippen LogP contribution in [0, 0.1) is 5.82 Å². The van der Waals surface area contributed by atoms with Crippen molar-refractivity contribution in [3.05, 3.63) is 75.7 Å². The monoisotopic (exact) mass is 385 g/mol. The van der Waals surface area contributed by atoms with Crippen LogP contribution in [-0.4, -0.2) is 18.5 Å². The van der Waals surface area contributed by atoms with Gasteiger partial charge in [-0.3, -0.25) is 9.69 Å². The summed E-state index contributed by atoms with van der Waals surface area (Å²) in [6.45, 7) is 2.03. The average molecular weight is 386 g/mol. The fourth-order valence-electron chi connectivity index (χ4n) is 3.72. The van der Waals surface area contributed by atoms with Crippen molar-refractivity contribution in [1.82, 2.24) is 0 Å². The molecule has 1 atom stereocenters. The first-order valence-corrected chi connectivity index (χ1v) is 9.15. The summed E-state index contributed by atoms with van der Waals surface area (Å²) in [7, 11) is 0. The number of benzene rings is 2. The molecular weight excluding hydrogens is 369 g/mol. The molecule has 0 aromatic heterocycles.